The van der Waals surface area contributed by atoms with E-state index >= 15 is 0 Å². The minimum absolute atomic E-state index is 0. The van der Waals surface area contributed by atoms with Crippen LogP contribution in [0.5, 0.6) is 5.75 Å². The Hall–Kier alpha value is -2.94. The van der Waals surface area contributed by atoms with Crippen LogP contribution in [0.3, 0.4) is 0 Å². The smallest absolute Gasteiger partial charge is 0.305 e. The van der Waals surface area contributed by atoms with Gasteiger partial charge in [0, 0.05) is 47.4 Å². The van der Waals surface area contributed by atoms with Gasteiger partial charge >= 0.3 is 5.97 Å². The number of amidine groups is 1. The molecule has 204 valence electrons. The molecule has 5 rings (SSSR count). The zero-order chi connectivity index (χ0) is 26.5. The molecular weight excluding hydrogens is 548 g/mol. The molecule has 1 aliphatic carbocycles. The summed E-state index contributed by atoms with van der Waals surface area (Å²) in [4.78, 5) is 33.8. The highest BCUT2D eigenvalue weighted by atomic mass is 79.9. The number of carboxylic acid groups (broad SMARTS) is 1. The second-order valence-corrected chi connectivity index (χ2v) is 11.6. The first-order chi connectivity index (χ1) is 17.6. The van der Waals surface area contributed by atoms with Crippen molar-refractivity contribution in [2.75, 3.05) is 25.1 Å². The molecule has 0 bridgehead atoms. The number of hydrogen-bond acceptors (Lipinski definition) is 6. The zero-order valence-electron chi connectivity index (χ0n) is 22.5. The van der Waals surface area contributed by atoms with Gasteiger partial charge in [-0.1, -0.05) is 26.8 Å². The summed E-state index contributed by atoms with van der Waals surface area (Å²) in [5.41, 5.74) is 4.67. The molecule has 1 atom stereocenters. The molecule has 0 amide bonds. The van der Waals surface area contributed by atoms with Crippen LogP contribution >= 0.6 is 17.0 Å². The number of hydrogen-bond donors (Lipinski definition) is 2. The summed E-state index contributed by atoms with van der Waals surface area (Å²) in [5, 5.41) is 18.2. The Morgan fingerprint density at radius 3 is 2.55 bits per heavy atom. The number of ether oxygens (including phenoxy) is 1. The van der Waals surface area contributed by atoms with Gasteiger partial charge in [0.05, 0.1) is 25.8 Å². The number of benzene rings is 1. The number of rotatable bonds is 8. The van der Waals surface area contributed by atoms with E-state index in [1.807, 2.05) is 18.2 Å². The lowest BCUT2D eigenvalue weighted by atomic mass is 9.84. The number of methoxy groups -OCH3 is 1. The van der Waals surface area contributed by atoms with Crippen LogP contribution in [-0.2, 0) is 16.8 Å². The van der Waals surface area contributed by atoms with Crippen LogP contribution in [0.4, 0.5) is 5.69 Å². The third-order valence-electron chi connectivity index (χ3n) is 7.73. The molecule has 2 aliphatic heterocycles. The standard InChI is InChI=1S/C29H36N4O4.BrH/c1-29(2,3)21-12-19(13-23(27(21)37-4)33-11-5-6-20(33)14-25(35)36)24(34)16-32-15-18-9-10-22(17-7-8-17)31-26(18)28(32)30;/h9-10,12-13,17,20,30H,5-8,11,14-16H2,1-4H3,(H,35,36);1H. The maximum absolute atomic E-state index is 13.7. The van der Waals surface area contributed by atoms with Gasteiger partial charge in [0.25, 0.3) is 0 Å². The van der Waals surface area contributed by atoms with E-state index in [1.165, 1.54) is 0 Å². The van der Waals surface area contributed by atoms with Gasteiger partial charge in [0.15, 0.2) is 5.78 Å². The second-order valence-electron chi connectivity index (χ2n) is 11.6. The molecule has 1 saturated carbocycles. The maximum Gasteiger partial charge on any atom is 0.305 e. The van der Waals surface area contributed by atoms with Crippen LogP contribution in [-0.4, -0.2) is 58.8 Å². The van der Waals surface area contributed by atoms with E-state index in [4.69, 9.17) is 15.1 Å². The van der Waals surface area contributed by atoms with E-state index in [-0.39, 0.29) is 47.2 Å². The third-order valence-corrected chi connectivity index (χ3v) is 7.73. The third kappa shape index (κ3) is 5.44. The van der Waals surface area contributed by atoms with Crippen LogP contribution < -0.4 is 9.64 Å². The summed E-state index contributed by atoms with van der Waals surface area (Å²) in [5.74, 6) is 0.599. The molecular formula is C29H37BrN4O4. The minimum atomic E-state index is -0.829. The number of carbonyl (C=O) groups is 2. The number of aromatic nitrogens is 1. The lowest BCUT2D eigenvalue weighted by Gasteiger charge is -2.32. The number of pyridine rings is 1. The van der Waals surface area contributed by atoms with Crippen molar-refractivity contribution in [2.24, 2.45) is 0 Å². The average molecular weight is 586 g/mol. The van der Waals surface area contributed by atoms with E-state index in [0.717, 1.165) is 54.7 Å². The lowest BCUT2D eigenvalue weighted by molar-refractivity contribution is -0.137. The Kier molecular flexibility index (Phi) is 7.89. The molecule has 3 heterocycles. The quantitative estimate of drug-likeness (QED) is 0.405. The summed E-state index contributed by atoms with van der Waals surface area (Å²) < 4.78 is 5.88. The summed E-state index contributed by atoms with van der Waals surface area (Å²) >= 11 is 0. The highest BCUT2D eigenvalue weighted by Crippen LogP contribution is 2.43. The van der Waals surface area contributed by atoms with E-state index in [9.17, 15) is 14.7 Å². The SMILES string of the molecule is Br.COc1c(N2CCCC2CC(=O)O)cc(C(=O)CN2Cc3ccc(C4CC4)nc3C2=N)cc1C(C)(C)C. The first kappa shape index (κ1) is 28.1. The zero-order valence-corrected chi connectivity index (χ0v) is 24.3. The van der Waals surface area contributed by atoms with Gasteiger partial charge in [0.2, 0.25) is 0 Å². The van der Waals surface area contributed by atoms with E-state index < -0.39 is 5.97 Å². The molecule has 2 fully saturated rings. The normalized spacial score (nSPS) is 18.8. The molecule has 2 N–H and O–H groups in total. The predicted octanol–water partition coefficient (Wildman–Crippen LogP) is 5.31. The van der Waals surface area contributed by atoms with Gasteiger partial charge in [-0.25, -0.2) is 4.98 Å². The molecule has 38 heavy (non-hydrogen) atoms. The van der Waals surface area contributed by atoms with Crippen molar-refractivity contribution >= 4 is 40.3 Å². The Bertz CT molecular complexity index is 1270. The Labute approximate surface area is 234 Å². The van der Waals surface area contributed by atoms with Crippen molar-refractivity contribution in [1.29, 1.82) is 5.41 Å². The number of nitrogens with zero attached hydrogens (tertiary/aromatic N) is 3. The van der Waals surface area contributed by atoms with Crippen molar-refractivity contribution in [3.8, 4) is 5.75 Å². The number of anilines is 1. The first-order valence-corrected chi connectivity index (χ1v) is 13.1. The highest BCUT2D eigenvalue weighted by molar-refractivity contribution is 8.93. The number of halogens is 1. The van der Waals surface area contributed by atoms with Crippen LogP contribution in [0.1, 0.15) is 91.7 Å². The first-order valence-electron chi connectivity index (χ1n) is 13.1. The van der Waals surface area contributed by atoms with Gasteiger partial charge in [-0.05, 0) is 49.3 Å². The molecule has 9 heteroatoms. The molecule has 1 unspecified atom stereocenters. The van der Waals surface area contributed by atoms with E-state index in [1.54, 1.807) is 12.0 Å². The predicted molar refractivity (Wildman–Crippen MR) is 152 cm³/mol. The Morgan fingerprint density at radius 1 is 1.18 bits per heavy atom. The molecule has 2 aromatic rings. The van der Waals surface area contributed by atoms with Crippen molar-refractivity contribution in [3.05, 3.63) is 52.3 Å². The number of aliphatic carboxylic acids is 1. The molecule has 0 radical (unpaired) electrons. The fourth-order valence-corrected chi connectivity index (χ4v) is 5.60. The van der Waals surface area contributed by atoms with Gasteiger partial charge in [-0.3, -0.25) is 15.0 Å². The van der Waals surface area contributed by atoms with Gasteiger partial charge in [0.1, 0.15) is 17.3 Å². The van der Waals surface area contributed by atoms with Crippen LogP contribution in [0.15, 0.2) is 24.3 Å². The molecule has 8 nitrogen and oxygen atoms in total. The summed E-state index contributed by atoms with van der Waals surface area (Å²) in [6.07, 6.45) is 4.04. The number of carbonyl (C=O) groups excluding carboxylic acids is 1. The fourth-order valence-electron chi connectivity index (χ4n) is 5.60. The molecule has 3 aliphatic rings. The van der Waals surface area contributed by atoms with Crippen LogP contribution in [0.2, 0.25) is 0 Å². The number of ketones is 1. The summed E-state index contributed by atoms with van der Waals surface area (Å²) in [6.45, 7) is 7.55. The van der Waals surface area contributed by atoms with Crippen molar-refractivity contribution < 1.29 is 19.4 Å². The molecule has 0 spiro atoms. The topological polar surface area (TPSA) is 107 Å². The number of carboxylic acids is 1. The molecule has 1 saturated heterocycles. The van der Waals surface area contributed by atoms with Crippen LogP contribution in [0.25, 0.3) is 0 Å². The maximum atomic E-state index is 13.7. The lowest BCUT2D eigenvalue weighted by Crippen LogP contribution is -2.33. The van der Waals surface area contributed by atoms with E-state index in [0.29, 0.717) is 35.3 Å². The van der Waals surface area contributed by atoms with Crippen molar-refractivity contribution in [2.45, 2.75) is 76.8 Å². The molecule has 1 aromatic carbocycles. The molecule has 1 aromatic heterocycles. The van der Waals surface area contributed by atoms with Crippen LogP contribution in [0, 0.1) is 5.41 Å². The highest BCUT2D eigenvalue weighted by Gasteiger charge is 2.34. The van der Waals surface area contributed by atoms with Crippen molar-refractivity contribution in [1.82, 2.24) is 9.88 Å². The van der Waals surface area contributed by atoms with Gasteiger partial charge in [-0.2, -0.15) is 0 Å². The minimum Gasteiger partial charge on any atom is -0.494 e. The monoisotopic (exact) mass is 584 g/mol. The number of nitrogens with one attached hydrogen (secondary N) is 1. The summed E-state index contributed by atoms with van der Waals surface area (Å²) in [6, 6.07) is 7.73. The largest absolute Gasteiger partial charge is 0.494 e. The fraction of sp³-hybridized carbons (Fsp3) is 0.517. The average Bonchev–Trinajstić information content (AvgIpc) is 3.53. The Morgan fingerprint density at radius 2 is 1.92 bits per heavy atom. The van der Waals surface area contributed by atoms with Gasteiger partial charge in [-0.15, -0.1) is 17.0 Å². The second kappa shape index (κ2) is 10.7. The summed E-state index contributed by atoms with van der Waals surface area (Å²) in [7, 11) is 1.63. The van der Waals surface area contributed by atoms with Crippen molar-refractivity contribution in [3.63, 3.8) is 0 Å². The van der Waals surface area contributed by atoms with E-state index in [2.05, 4.69) is 31.7 Å². The van der Waals surface area contributed by atoms with Gasteiger partial charge < -0.3 is 19.6 Å². The number of Topliss-reactive ketones (excluding diaryl/α,β-unsaturated/α-hetero) is 1. The Balaban J connectivity index is 0.00000336. The number of fused-ring (bicyclic) bond motifs is 1.